The zero-order chi connectivity index (χ0) is 19.6. The molecule has 138 valence electrons. The van der Waals surface area contributed by atoms with Crippen LogP contribution in [0.4, 0.5) is 17.6 Å². The van der Waals surface area contributed by atoms with Crippen LogP contribution in [0.3, 0.4) is 0 Å². The summed E-state index contributed by atoms with van der Waals surface area (Å²) in [5.41, 5.74) is -0.803. The van der Waals surface area contributed by atoms with Gasteiger partial charge in [-0.3, -0.25) is 0 Å². The number of halogens is 4. The van der Waals surface area contributed by atoms with E-state index in [1.807, 2.05) is 0 Å². The molecular weight excluding hydrogens is 366 g/mol. The number of benzene rings is 2. The predicted octanol–water partition coefficient (Wildman–Crippen LogP) is 5.40. The number of carboxylic acids is 1. The molecule has 1 aromatic heterocycles. The molecule has 0 aliphatic rings. The van der Waals surface area contributed by atoms with Crippen LogP contribution in [0.2, 0.25) is 0 Å². The van der Waals surface area contributed by atoms with Crippen LogP contribution >= 0.6 is 0 Å². The fourth-order valence-corrected chi connectivity index (χ4v) is 2.33. The molecule has 0 saturated carbocycles. The van der Waals surface area contributed by atoms with Crippen molar-refractivity contribution in [2.75, 3.05) is 0 Å². The van der Waals surface area contributed by atoms with Crippen molar-refractivity contribution in [2.24, 2.45) is 0 Å². The minimum absolute atomic E-state index is 0.0503. The first-order chi connectivity index (χ1) is 12.7. The molecule has 0 fully saturated rings. The van der Waals surface area contributed by atoms with E-state index in [1.165, 1.54) is 30.3 Å². The average molecular weight is 377 g/mol. The van der Waals surface area contributed by atoms with Crippen LogP contribution in [0.1, 0.15) is 16.1 Å². The van der Waals surface area contributed by atoms with Crippen LogP contribution in [0, 0.1) is 5.82 Å². The van der Waals surface area contributed by atoms with Crippen molar-refractivity contribution in [1.29, 1.82) is 0 Å². The van der Waals surface area contributed by atoms with E-state index in [0.717, 1.165) is 30.3 Å². The molecule has 0 atom stereocenters. The Kier molecular flexibility index (Phi) is 4.81. The Labute approximate surface area is 150 Å². The third-order valence-electron chi connectivity index (χ3n) is 3.58. The number of rotatable bonds is 4. The van der Waals surface area contributed by atoms with E-state index in [9.17, 15) is 22.4 Å². The van der Waals surface area contributed by atoms with Gasteiger partial charge in [-0.1, -0.05) is 12.1 Å². The van der Waals surface area contributed by atoms with E-state index in [2.05, 4.69) is 4.98 Å². The standard InChI is InChI=1S/C19H11F4NO3/c20-13-3-1-2-11(10-13)17-16(9-8-15(24-17)18(25)26)27-14-6-4-12(5-7-14)19(21,22)23/h1-10H,(H,25,26). The molecule has 8 heteroatoms. The first-order valence-corrected chi connectivity index (χ1v) is 7.59. The maximum Gasteiger partial charge on any atom is 0.416 e. The van der Waals surface area contributed by atoms with Gasteiger partial charge in [-0.15, -0.1) is 0 Å². The van der Waals surface area contributed by atoms with Gasteiger partial charge in [0, 0.05) is 5.56 Å². The van der Waals surface area contributed by atoms with E-state index in [-0.39, 0.29) is 28.5 Å². The summed E-state index contributed by atoms with van der Waals surface area (Å²) in [4.78, 5) is 15.1. The second-order valence-corrected chi connectivity index (χ2v) is 5.48. The lowest BCUT2D eigenvalue weighted by molar-refractivity contribution is -0.137. The molecule has 0 bridgehead atoms. The second-order valence-electron chi connectivity index (χ2n) is 5.48. The van der Waals surface area contributed by atoms with Crippen LogP contribution in [0.15, 0.2) is 60.7 Å². The molecule has 0 aliphatic carbocycles. The van der Waals surface area contributed by atoms with Crippen molar-refractivity contribution >= 4 is 5.97 Å². The number of hydrogen-bond acceptors (Lipinski definition) is 3. The Morgan fingerprint density at radius 3 is 2.30 bits per heavy atom. The number of nitrogens with zero attached hydrogens (tertiary/aromatic N) is 1. The number of hydrogen-bond donors (Lipinski definition) is 1. The largest absolute Gasteiger partial charge is 0.477 e. The quantitative estimate of drug-likeness (QED) is 0.619. The number of ether oxygens (including phenoxy) is 1. The average Bonchev–Trinajstić information content (AvgIpc) is 2.61. The van der Waals surface area contributed by atoms with Gasteiger partial charge in [0.25, 0.3) is 0 Å². The molecule has 4 nitrogen and oxygen atoms in total. The minimum atomic E-state index is -4.48. The molecule has 0 radical (unpaired) electrons. The smallest absolute Gasteiger partial charge is 0.416 e. The molecule has 2 aromatic carbocycles. The minimum Gasteiger partial charge on any atom is -0.477 e. The van der Waals surface area contributed by atoms with E-state index >= 15 is 0 Å². The fraction of sp³-hybridized carbons (Fsp3) is 0.0526. The summed E-state index contributed by atoms with van der Waals surface area (Å²) in [7, 11) is 0. The summed E-state index contributed by atoms with van der Waals surface area (Å²) in [5, 5.41) is 9.11. The zero-order valence-corrected chi connectivity index (χ0v) is 13.5. The Hall–Kier alpha value is -3.42. The van der Waals surface area contributed by atoms with Gasteiger partial charge in [-0.25, -0.2) is 14.2 Å². The first-order valence-electron chi connectivity index (χ1n) is 7.59. The number of aromatic nitrogens is 1. The van der Waals surface area contributed by atoms with Crippen LogP contribution in [0.25, 0.3) is 11.3 Å². The summed E-state index contributed by atoms with van der Waals surface area (Å²) in [6, 6.07) is 11.8. The van der Waals surface area contributed by atoms with Crippen LogP contribution in [0.5, 0.6) is 11.5 Å². The van der Waals surface area contributed by atoms with Crippen molar-refractivity contribution < 1.29 is 32.2 Å². The molecule has 3 rings (SSSR count). The predicted molar refractivity (Wildman–Crippen MR) is 88.1 cm³/mol. The summed E-state index contributed by atoms with van der Waals surface area (Å²) in [6.07, 6.45) is -4.48. The number of aromatic carboxylic acids is 1. The van der Waals surface area contributed by atoms with Gasteiger partial charge in [0.05, 0.1) is 5.56 Å². The molecule has 3 aromatic rings. The molecular formula is C19H11F4NO3. The molecule has 0 aliphatic heterocycles. The second kappa shape index (κ2) is 7.06. The number of pyridine rings is 1. The van der Waals surface area contributed by atoms with E-state index in [4.69, 9.17) is 9.84 Å². The van der Waals surface area contributed by atoms with Gasteiger partial charge < -0.3 is 9.84 Å². The SMILES string of the molecule is O=C(O)c1ccc(Oc2ccc(C(F)(F)F)cc2)c(-c2cccc(F)c2)n1. The lowest BCUT2D eigenvalue weighted by Gasteiger charge is -2.12. The zero-order valence-electron chi connectivity index (χ0n) is 13.5. The van der Waals surface area contributed by atoms with Crippen LogP contribution in [-0.2, 0) is 6.18 Å². The molecule has 0 saturated heterocycles. The highest BCUT2D eigenvalue weighted by Crippen LogP contribution is 2.34. The third kappa shape index (κ3) is 4.22. The number of carbonyl (C=O) groups is 1. The van der Waals surface area contributed by atoms with Gasteiger partial charge in [-0.2, -0.15) is 13.2 Å². The molecule has 0 spiro atoms. The Morgan fingerprint density at radius 1 is 1.00 bits per heavy atom. The monoisotopic (exact) mass is 377 g/mol. The van der Waals surface area contributed by atoms with E-state index in [0.29, 0.717) is 0 Å². The molecule has 0 amide bonds. The fourth-order valence-electron chi connectivity index (χ4n) is 2.33. The lowest BCUT2D eigenvalue weighted by atomic mass is 10.1. The summed E-state index contributed by atoms with van der Waals surface area (Å²) >= 11 is 0. The molecule has 27 heavy (non-hydrogen) atoms. The van der Waals surface area contributed by atoms with Crippen molar-refractivity contribution in [3.63, 3.8) is 0 Å². The maximum atomic E-state index is 13.5. The van der Waals surface area contributed by atoms with Crippen LogP contribution in [-0.4, -0.2) is 16.1 Å². The number of alkyl halides is 3. The van der Waals surface area contributed by atoms with Gasteiger partial charge >= 0.3 is 12.1 Å². The molecule has 1 heterocycles. The Morgan fingerprint density at radius 2 is 1.70 bits per heavy atom. The van der Waals surface area contributed by atoms with Crippen molar-refractivity contribution in [1.82, 2.24) is 4.98 Å². The summed E-state index contributed by atoms with van der Waals surface area (Å²) < 4.78 is 57.0. The van der Waals surface area contributed by atoms with E-state index in [1.54, 1.807) is 0 Å². The van der Waals surface area contributed by atoms with Gasteiger partial charge in [0.2, 0.25) is 0 Å². The highest BCUT2D eigenvalue weighted by Gasteiger charge is 2.30. The van der Waals surface area contributed by atoms with Gasteiger partial charge in [-0.05, 0) is 48.5 Å². The van der Waals surface area contributed by atoms with Crippen molar-refractivity contribution in [3.8, 4) is 22.8 Å². The van der Waals surface area contributed by atoms with Gasteiger partial charge in [0.15, 0.2) is 5.75 Å². The Balaban J connectivity index is 2.01. The first kappa shape index (κ1) is 18.4. The summed E-state index contributed by atoms with van der Waals surface area (Å²) in [5.74, 6) is -1.68. The van der Waals surface area contributed by atoms with E-state index < -0.39 is 23.5 Å². The topological polar surface area (TPSA) is 59.4 Å². The third-order valence-corrected chi connectivity index (χ3v) is 3.58. The highest BCUT2D eigenvalue weighted by molar-refractivity contribution is 5.86. The summed E-state index contributed by atoms with van der Waals surface area (Å²) in [6.45, 7) is 0. The molecule has 0 unspecified atom stereocenters. The maximum absolute atomic E-state index is 13.5. The van der Waals surface area contributed by atoms with Gasteiger partial charge in [0.1, 0.15) is 23.0 Å². The molecule has 1 N–H and O–H groups in total. The van der Waals surface area contributed by atoms with Crippen LogP contribution < -0.4 is 4.74 Å². The van der Waals surface area contributed by atoms with Crippen molar-refractivity contribution in [3.05, 3.63) is 77.7 Å². The van der Waals surface area contributed by atoms with Crippen molar-refractivity contribution in [2.45, 2.75) is 6.18 Å². The Bertz CT molecular complexity index is 985. The normalized spacial score (nSPS) is 11.3. The number of carboxylic acid groups (broad SMARTS) is 1. The lowest BCUT2D eigenvalue weighted by Crippen LogP contribution is -2.04. The highest BCUT2D eigenvalue weighted by atomic mass is 19.4.